The number of sulfonamides is 1. The minimum absolute atomic E-state index is 0.00346. The van der Waals surface area contributed by atoms with Crippen LogP contribution in [0.4, 0.5) is 4.39 Å². The number of unbranched alkanes of at least 4 members (excludes halogenated alkanes) is 1. The van der Waals surface area contributed by atoms with Gasteiger partial charge in [0.1, 0.15) is 5.82 Å². The van der Waals surface area contributed by atoms with Crippen molar-refractivity contribution in [2.75, 3.05) is 5.75 Å². The fraction of sp³-hybridized carbons (Fsp3) is 0.300. The molecule has 0 saturated carbocycles. The second kappa shape index (κ2) is 9.59. The molecule has 2 aromatic carbocycles. The number of aromatic nitrogens is 2. The SMILES string of the molecule is CCCCn1c(SCC(=O)NCc2ccc(F)cc2)nc2cc(S(N)(=O)=O)ccc21. The van der Waals surface area contributed by atoms with E-state index in [2.05, 4.69) is 17.2 Å². The Bertz CT molecular complexity index is 1140. The number of nitrogens with one attached hydrogen (secondary N) is 1. The lowest BCUT2D eigenvalue weighted by Gasteiger charge is -2.09. The number of thioether (sulfide) groups is 1. The van der Waals surface area contributed by atoms with Crippen LogP contribution in [0.5, 0.6) is 0 Å². The molecular weight excluding hydrogens is 427 g/mol. The summed E-state index contributed by atoms with van der Waals surface area (Å²) in [6, 6.07) is 10.5. The van der Waals surface area contributed by atoms with Gasteiger partial charge in [-0.05, 0) is 42.3 Å². The molecule has 0 aliphatic rings. The van der Waals surface area contributed by atoms with Gasteiger partial charge < -0.3 is 9.88 Å². The molecule has 1 amide bonds. The van der Waals surface area contributed by atoms with Crippen LogP contribution in [0.15, 0.2) is 52.5 Å². The number of carbonyl (C=O) groups is 1. The van der Waals surface area contributed by atoms with E-state index >= 15 is 0 Å². The fourth-order valence-electron chi connectivity index (χ4n) is 2.89. The summed E-state index contributed by atoms with van der Waals surface area (Å²) in [6.45, 7) is 3.10. The van der Waals surface area contributed by atoms with Crippen molar-refractivity contribution in [2.24, 2.45) is 5.14 Å². The maximum atomic E-state index is 13.0. The van der Waals surface area contributed by atoms with E-state index < -0.39 is 10.0 Å². The van der Waals surface area contributed by atoms with E-state index in [0.717, 1.165) is 23.9 Å². The highest BCUT2D eigenvalue weighted by molar-refractivity contribution is 7.99. The molecule has 3 rings (SSSR count). The summed E-state index contributed by atoms with van der Waals surface area (Å²) in [6.07, 6.45) is 1.91. The van der Waals surface area contributed by atoms with Crippen molar-refractivity contribution >= 4 is 38.7 Å². The van der Waals surface area contributed by atoms with Crippen LogP contribution in [0.25, 0.3) is 11.0 Å². The number of nitrogens with zero attached hydrogens (tertiary/aromatic N) is 2. The Hall–Kier alpha value is -2.43. The molecule has 3 aromatic rings. The molecule has 0 unspecified atom stereocenters. The molecule has 7 nitrogen and oxygen atoms in total. The number of rotatable bonds is 9. The predicted octanol–water partition coefficient (Wildman–Crippen LogP) is 3.03. The van der Waals surface area contributed by atoms with Crippen LogP contribution < -0.4 is 10.5 Å². The van der Waals surface area contributed by atoms with E-state index in [-0.39, 0.29) is 22.4 Å². The zero-order chi connectivity index (χ0) is 21.7. The number of carbonyl (C=O) groups excluding carboxylic acids is 1. The summed E-state index contributed by atoms with van der Waals surface area (Å²) in [7, 11) is -3.82. The van der Waals surface area contributed by atoms with Crippen molar-refractivity contribution < 1.29 is 17.6 Å². The maximum absolute atomic E-state index is 13.0. The zero-order valence-corrected chi connectivity index (χ0v) is 18.1. The highest BCUT2D eigenvalue weighted by Gasteiger charge is 2.16. The van der Waals surface area contributed by atoms with Crippen molar-refractivity contribution in [1.82, 2.24) is 14.9 Å². The highest BCUT2D eigenvalue weighted by Crippen LogP contribution is 2.26. The van der Waals surface area contributed by atoms with Gasteiger partial charge in [0.15, 0.2) is 5.16 Å². The molecule has 160 valence electrons. The van der Waals surface area contributed by atoms with Crippen molar-refractivity contribution in [3.05, 3.63) is 53.8 Å². The van der Waals surface area contributed by atoms with E-state index in [1.54, 1.807) is 18.2 Å². The molecule has 10 heteroatoms. The smallest absolute Gasteiger partial charge is 0.238 e. The Balaban J connectivity index is 1.73. The molecule has 0 aliphatic carbocycles. The molecule has 1 heterocycles. The number of hydrogen-bond donors (Lipinski definition) is 2. The van der Waals surface area contributed by atoms with Gasteiger partial charge in [0.2, 0.25) is 15.9 Å². The average Bonchev–Trinajstić information content (AvgIpc) is 3.06. The normalized spacial score (nSPS) is 11.7. The van der Waals surface area contributed by atoms with Crippen molar-refractivity contribution in [3.8, 4) is 0 Å². The summed E-state index contributed by atoms with van der Waals surface area (Å²) in [5, 5.41) is 8.66. The Kier molecular flexibility index (Phi) is 7.11. The largest absolute Gasteiger partial charge is 0.351 e. The van der Waals surface area contributed by atoms with Gasteiger partial charge in [0.25, 0.3) is 0 Å². The summed E-state index contributed by atoms with van der Waals surface area (Å²) in [5.41, 5.74) is 2.12. The predicted molar refractivity (Wildman–Crippen MR) is 115 cm³/mol. The van der Waals surface area contributed by atoms with Gasteiger partial charge in [-0.25, -0.2) is 22.9 Å². The number of benzene rings is 2. The van der Waals surface area contributed by atoms with Gasteiger partial charge in [-0.15, -0.1) is 0 Å². The lowest BCUT2D eigenvalue weighted by molar-refractivity contribution is -0.118. The third-order valence-corrected chi connectivity index (χ3v) is 6.37. The first-order chi connectivity index (χ1) is 14.3. The number of primary sulfonamides is 1. The van der Waals surface area contributed by atoms with Crippen LogP contribution in [0, 0.1) is 5.82 Å². The van der Waals surface area contributed by atoms with Gasteiger partial charge in [0, 0.05) is 13.1 Å². The molecule has 0 spiro atoms. The summed E-state index contributed by atoms with van der Waals surface area (Å²) < 4.78 is 38.2. The third kappa shape index (κ3) is 5.59. The molecule has 0 atom stereocenters. The lowest BCUT2D eigenvalue weighted by Crippen LogP contribution is -2.24. The Labute approximate surface area is 178 Å². The molecule has 0 bridgehead atoms. The van der Waals surface area contributed by atoms with Gasteiger partial charge in [0.05, 0.1) is 21.7 Å². The number of amides is 1. The standard InChI is InChI=1S/C20H23FN4O3S2/c1-2-3-10-25-18-9-8-16(30(22,27)28)11-17(18)24-20(25)29-13-19(26)23-12-14-4-6-15(21)7-5-14/h4-9,11H,2-3,10,12-13H2,1H3,(H,23,26)(H2,22,27,28). The van der Waals surface area contributed by atoms with Crippen LogP contribution in [0.1, 0.15) is 25.3 Å². The van der Waals surface area contributed by atoms with E-state index in [9.17, 15) is 17.6 Å². The highest BCUT2D eigenvalue weighted by atomic mass is 32.2. The van der Waals surface area contributed by atoms with Crippen molar-refractivity contribution in [3.63, 3.8) is 0 Å². The number of imidazole rings is 1. The number of aryl methyl sites for hydroxylation is 1. The monoisotopic (exact) mass is 450 g/mol. The lowest BCUT2D eigenvalue weighted by atomic mass is 10.2. The molecule has 0 radical (unpaired) electrons. The molecule has 0 fully saturated rings. The average molecular weight is 451 g/mol. The van der Waals surface area contributed by atoms with Crippen LogP contribution in [0.2, 0.25) is 0 Å². The summed E-state index contributed by atoms with van der Waals surface area (Å²) in [4.78, 5) is 16.8. The third-order valence-electron chi connectivity index (χ3n) is 4.48. The van der Waals surface area contributed by atoms with Crippen LogP contribution in [-0.2, 0) is 27.9 Å². The van der Waals surface area contributed by atoms with Crippen molar-refractivity contribution in [1.29, 1.82) is 0 Å². The van der Waals surface area contributed by atoms with Crippen LogP contribution in [-0.4, -0.2) is 29.6 Å². The molecule has 0 saturated heterocycles. The first kappa shape index (κ1) is 22.3. The molecule has 0 aliphatic heterocycles. The Morgan fingerprint density at radius 2 is 1.97 bits per heavy atom. The minimum Gasteiger partial charge on any atom is -0.351 e. The van der Waals surface area contributed by atoms with Gasteiger partial charge >= 0.3 is 0 Å². The number of halogens is 1. The molecule has 30 heavy (non-hydrogen) atoms. The first-order valence-electron chi connectivity index (χ1n) is 9.45. The summed E-state index contributed by atoms with van der Waals surface area (Å²) in [5.74, 6) is -0.348. The van der Waals surface area contributed by atoms with Gasteiger partial charge in [-0.3, -0.25) is 4.79 Å². The summed E-state index contributed by atoms with van der Waals surface area (Å²) >= 11 is 1.28. The van der Waals surface area contributed by atoms with Gasteiger partial charge in [-0.2, -0.15) is 0 Å². The number of fused-ring (bicyclic) bond motifs is 1. The quantitative estimate of drug-likeness (QED) is 0.487. The number of hydrogen-bond acceptors (Lipinski definition) is 5. The first-order valence-corrected chi connectivity index (χ1v) is 12.0. The van der Waals surface area contributed by atoms with Gasteiger partial charge in [-0.1, -0.05) is 37.2 Å². The zero-order valence-electron chi connectivity index (χ0n) is 16.5. The van der Waals surface area contributed by atoms with E-state index in [4.69, 9.17) is 5.14 Å². The fourth-order valence-corrected chi connectivity index (χ4v) is 4.30. The van der Waals surface area contributed by atoms with Crippen LogP contribution in [0.3, 0.4) is 0 Å². The van der Waals surface area contributed by atoms with Crippen LogP contribution >= 0.6 is 11.8 Å². The van der Waals surface area contributed by atoms with E-state index in [1.165, 1.54) is 36.0 Å². The maximum Gasteiger partial charge on any atom is 0.238 e. The number of nitrogens with two attached hydrogens (primary N) is 1. The second-order valence-corrected chi connectivity index (χ2v) is 9.29. The second-order valence-electron chi connectivity index (χ2n) is 6.79. The Morgan fingerprint density at radius 3 is 2.63 bits per heavy atom. The molecule has 3 N–H and O–H groups in total. The van der Waals surface area contributed by atoms with Crippen molar-refractivity contribution in [2.45, 2.75) is 42.9 Å². The van der Waals surface area contributed by atoms with E-state index in [1.807, 2.05) is 4.57 Å². The molecule has 1 aromatic heterocycles. The van der Waals surface area contributed by atoms with E-state index in [0.29, 0.717) is 23.8 Å². The molecular formula is C20H23FN4O3S2. The Morgan fingerprint density at radius 1 is 1.23 bits per heavy atom. The minimum atomic E-state index is -3.82. The topological polar surface area (TPSA) is 107 Å².